The highest BCUT2D eigenvalue weighted by Gasteiger charge is 2.31. The molecule has 0 bridgehead atoms. The van der Waals surface area contributed by atoms with Crippen LogP contribution >= 0.6 is 0 Å². The van der Waals surface area contributed by atoms with E-state index in [1.54, 1.807) is 0 Å². The quantitative estimate of drug-likeness (QED) is 0.887. The molecule has 0 fully saturated rings. The molecular weight excluding hydrogens is 254 g/mol. The Balaban J connectivity index is 2.26. The van der Waals surface area contributed by atoms with Crippen molar-refractivity contribution in [3.63, 3.8) is 0 Å². The number of guanidine groups is 1. The highest BCUT2D eigenvalue weighted by molar-refractivity contribution is 6.05. The van der Waals surface area contributed by atoms with E-state index in [-0.39, 0.29) is 11.4 Å². The molecule has 20 heavy (non-hydrogen) atoms. The second kappa shape index (κ2) is 5.53. The molecule has 1 amide bonds. The minimum Gasteiger partial charge on any atom is -0.493 e. The summed E-state index contributed by atoms with van der Waals surface area (Å²) in [5.41, 5.74) is 0.637. The van der Waals surface area contributed by atoms with Crippen molar-refractivity contribution in [2.75, 3.05) is 6.61 Å². The van der Waals surface area contributed by atoms with E-state index in [0.29, 0.717) is 18.3 Å². The van der Waals surface area contributed by atoms with Crippen LogP contribution in [0.4, 0.5) is 0 Å². The summed E-state index contributed by atoms with van der Waals surface area (Å²) >= 11 is 0. The van der Waals surface area contributed by atoms with Gasteiger partial charge in [-0.25, -0.2) is 4.99 Å². The minimum atomic E-state index is -0.553. The van der Waals surface area contributed by atoms with E-state index in [2.05, 4.69) is 15.6 Å². The highest BCUT2D eigenvalue weighted by atomic mass is 16.5. The summed E-state index contributed by atoms with van der Waals surface area (Å²) in [6.07, 6.45) is 0. The van der Waals surface area contributed by atoms with E-state index < -0.39 is 6.04 Å². The second-order valence-electron chi connectivity index (χ2n) is 5.72. The van der Waals surface area contributed by atoms with Crippen molar-refractivity contribution in [3.05, 3.63) is 29.8 Å². The summed E-state index contributed by atoms with van der Waals surface area (Å²) in [5, 5.41) is 5.95. The molecule has 0 saturated carbocycles. The van der Waals surface area contributed by atoms with Crippen LogP contribution in [0.25, 0.3) is 0 Å². The van der Waals surface area contributed by atoms with Gasteiger partial charge in [-0.15, -0.1) is 0 Å². The third kappa shape index (κ3) is 3.29. The molecule has 2 N–H and O–H groups in total. The van der Waals surface area contributed by atoms with Gasteiger partial charge in [0, 0.05) is 11.1 Å². The molecule has 0 spiro atoms. The number of carbonyl (C=O) groups is 1. The smallest absolute Gasteiger partial charge is 0.256 e. The fourth-order valence-electron chi connectivity index (χ4n) is 2.03. The second-order valence-corrected chi connectivity index (χ2v) is 5.72. The summed E-state index contributed by atoms with van der Waals surface area (Å²) in [4.78, 5) is 16.5. The molecule has 1 unspecified atom stereocenters. The van der Waals surface area contributed by atoms with Gasteiger partial charge in [-0.3, -0.25) is 10.1 Å². The zero-order valence-corrected chi connectivity index (χ0v) is 12.4. The molecule has 0 aromatic heterocycles. The maximum absolute atomic E-state index is 12.1. The first-order valence-corrected chi connectivity index (χ1v) is 6.79. The average Bonchev–Trinajstić information content (AvgIpc) is 2.69. The van der Waals surface area contributed by atoms with Gasteiger partial charge >= 0.3 is 0 Å². The number of carbonyl (C=O) groups excluding carboxylic acids is 1. The van der Waals surface area contributed by atoms with Crippen molar-refractivity contribution in [2.24, 2.45) is 4.99 Å². The van der Waals surface area contributed by atoms with E-state index in [4.69, 9.17) is 4.74 Å². The molecule has 0 aliphatic carbocycles. The lowest BCUT2D eigenvalue weighted by atomic mass is 10.1. The van der Waals surface area contributed by atoms with Gasteiger partial charge in [0.05, 0.1) is 6.61 Å². The fraction of sp³-hybridized carbons (Fsp3) is 0.467. The molecular formula is C15H21N3O2. The van der Waals surface area contributed by atoms with Gasteiger partial charge in [0.2, 0.25) is 0 Å². The third-order valence-electron chi connectivity index (χ3n) is 2.75. The first-order chi connectivity index (χ1) is 9.40. The fourth-order valence-corrected chi connectivity index (χ4v) is 2.03. The Hall–Kier alpha value is -2.04. The van der Waals surface area contributed by atoms with Crippen LogP contribution in [0.2, 0.25) is 0 Å². The number of para-hydroxylation sites is 1. The zero-order valence-electron chi connectivity index (χ0n) is 12.4. The Kier molecular flexibility index (Phi) is 3.97. The van der Waals surface area contributed by atoms with Crippen LogP contribution in [-0.2, 0) is 4.79 Å². The number of hydrogen-bond donors (Lipinski definition) is 2. The lowest BCUT2D eigenvalue weighted by molar-refractivity contribution is -0.120. The molecule has 1 heterocycles. The molecule has 0 radical (unpaired) electrons. The number of hydrogen-bond acceptors (Lipinski definition) is 4. The summed E-state index contributed by atoms with van der Waals surface area (Å²) in [6.45, 7) is 8.53. The zero-order chi connectivity index (χ0) is 14.8. The number of benzene rings is 1. The molecule has 1 aromatic rings. The third-order valence-corrected chi connectivity index (χ3v) is 2.75. The summed E-state index contributed by atoms with van der Waals surface area (Å²) in [6, 6.07) is 6.95. The van der Waals surface area contributed by atoms with E-state index >= 15 is 0 Å². The van der Waals surface area contributed by atoms with Gasteiger partial charge in [0.15, 0.2) is 12.0 Å². The molecule has 5 nitrogen and oxygen atoms in total. The first kappa shape index (κ1) is 14.4. The Morgan fingerprint density at radius 2 is 2.05 bits per heavy atom. The molecule has 108 valence electrons. The summed E-state index contributed by atoms with van der Waals surface area (Å²) < 4.78 is 5.56. The number of amides is 1. The SMILES string of the molecule is CCOc1ccccc1C1N=C(NC(C)(C)C)NC1=O. The van der Waals surface area contributed by atoms with Gasteiger partial charge in [0.1, 0.15) is 5.75 Å². The summed E-state index contributed by atoms with van der Waals surface area (Å²) in [7, 11) is 0. The molecule has 1 aromatic carbocycles. The van der Waals surface area contributed by atoms with Crippen molar-refractivity contribution in [2.45, 2.75) is 39.3 Å². The number of ether oxygens (including phenoxy) is 1. The maximum atomic E-state index is 12.1. The maximum Gasteiger partial charge on any atom is 0.256 e. The Labute approximate surface area is 119 Å². The average molecular weight is 275 g/mol. The highest BCUT2D eigenvalue weighted by Crippen LogP contribution is 2.29. The van der Waals surface area contributed by atoms with Crippen molar-refractivity contribution in [3.8, 4) is 5.75 Å². The minimum absolute atomic E-state index is 0.135. The van der Waals surface area contributed by atoms with Crippen LogP contribution in [0.5, 0.6) is 5.75 Å². The van der Waals surface area contributed by atoms with Crippen LogP contribution in [0.15, 0.2) is 29.3 Å². The topological polar surface area (TPSA) is 62.7 Å². The number of nitrogens with one attached hydrogen (secondary N) is 2. The molecule has 0 saturated heterocycles. The molecule has 1 aliphatic rings. The van der Waals surface area contributed by atoms with Gasteiger partial charge in [-0.2, -0.15) is 0 Å². The lowest BCUT2D eigenvalue weighted by Crippen LogP contribution is -2.46. The molecule has 1 aliphatic heterocycles. The van der Waals surface area contributed by atoms with Crippen LogP contribution in [0.3, 0.4) is 0 Å². The summed E-state index contributed by atoms with van der Waals surface area (Å²) in [5.74, 6) is 1.08. The largest absolute Gasteiger partial charge is 0.493 e. The Morgan fingerprint density at radius 3 is 2.70 bits per heavy atom. The monoisotopic (exact) mass is 275 g/mol. The lowest BCUT2D eigenvalue weighted by Gasteiger charge is -2.21. The standard InChI is InChI=1S/C15H21N3O2/c1-5-20-11-9-7-6-8-10(11)12-13(19)17-14(16-12)18-15(2,3)4/h6-9,12H,5H2,1-4H3,(H2,16,17,18,19). The van der Waals surface area contributed by atoms with E-state index in [1.165, 1.54) is 0 Å². The van der Waals surface area contributed by atoms with Crippen molar-refractivity contribution >= 4 is 11.9 Å². The first-order valence-electron chi connectivity index (χ1n) is 6.79. The van der Waals surface area contributed by atoms with Gasteiger partial charge in [-0.05, 0) is 33.8 Å². The van der Waals surface area contributed by atoms with Gasteiger partial charge < -0.3 is 10.1 Å². The van der Waals surface area contributed by atoms with E-state index in [1.807, 2.05) is 52.0 Å². The number of nitrogens with zero attached hydrogens (tertiary/aromatic N) is 1. The van der Waals surface area contributed by atoms with Crippen LogP contribution in [-0.4, -0.2) is 24.0 Å². The molecule has 5 heteroatoms. The molecule has 1 atom stereocenters. The van der Waals surface area contributed by atoms with Gasteiger partial charge in [0.25, 0.3) is 5.91 Å². The normalized spacial score (nSPS) is 18.5. The van der Waals surface area contributed by atoms with Crippen LogP contribution in [0.1, 0.15) is 39.3 Å². The Bertz CT molecular complexity index is 532. The Morgan fingerprint density at radius 1 is 1.35 bits per heavy atom. The van der Waals surface area contributed by atoms with E-state index in [9.17, 15) is 4.79 Å². The van der Waals surface area contributed by atoms with Crippen molar-refractivity contribution < 1.29 is 9.53 Å². The van der Waals surface area contributed by atoms with Gasteiger partial charge in [-0.1, -0.05) is 18.2 Å². The van der Waals surface area contributed by atoms with Crippen LogP contribution in [0, 0.1) is 0 Å². The predicted molar refractivity (Wildman–Crippen MR) is 78.8 cm³/mol. The number of aliphatic imine (C=N–C) groups is 1. The number of rotatable bonds is 3. The van der Waals surface area contributed by atoms with Crippen molar-refractivity contribution in [1.29, 1.82) is 0 Å². The van der Waals surface area contributed by atoms with Crippen molar-refractivity contribution in [1.82, 2.24) is 10.6 Å². The van der Waals surface area contributed by atoms with E-state index in [0.717, 1.165) is 5.56 Å². The van der Waals surface area contributed by atoms with Crippen LogP contribution < -0.4 is 15.4 Å². The molecule has 2 rings (SSSR count). The predicted octanol–water partition coefficient (Wildman–Crippen LogP) is 2.00.